The molecule has 1 N–H and O–H groups in total. The van der Waals surface area contributed by atoms with Crippen LogP contribution in [0, 0.1) is 7.14 Å². The van der Waals surface area contributed by atoms with Gasteiger partial charge in [-0.3, -0.25) is 9.69 Å². The van der Waals surface area contributed by atoms with E-state index in [0.717, 1.165) is 31.1 Å². The number of unbranched alkanes of at least 4 members (excludes halogenated alkanes) is 1. The molecule has 1 amide bonds. The third-order valence-corrected chi connectivity index (χ3v) is 6.16. The number of carbonyl (C=O) groups excluding carboxylic acids is 1. The van der Waals surface area contributed by atoms with E-state index in [-0.39, 0.29) is 5.91 Å². The van der Waals surface area contributed by atoms with Crippen molar-refractivity contribution in [1.82, 2.24) is 10.2 Å². The highest BCUT2D eigenvalue weighted by atomic mass is 127. The summed E-state index contributed by atoms with van der Waals surface area (Å²) in [5, 5.41) is 3.86. The van der Waals surface area contributed by atoms with Crippen molar-refractivity contribution in [2.75, 3.05) is 6.54 Å². The Bertz CT molecular complexity index is 745. The summed E-state index contributed by atoms with van der Waals surface area (Å²) < 4.78 is 2.27. The van der Waals surface area contributed by atoms with Crippen molar-refractivity contribution in [3.05, 3.63) is 66.8 Å². The summed E-state index contributed by atoms with van der Waals surface area (Å²) in [6.45, 7) is 2.76. The molecule has 1 aliphatic rings. The Morgan fingerprint density at radius 1 is 1.00 bits per heavy atom. The fourth-order valence-electron chi connectivity index (χ4n) is 3.05. The Labute approximate surface area is 180 Å². The van der Waals surface area contributed by atoms with Crippen LogP contribution in [0.1, 0.15) is 30.9 Å². The second-order valence-electron chi connectivity index (χ2n) is 6.00. The molecule has 0 saturated carbocycles. The smallest absolute Gasteiger partial charge is 0.263 e. The number of nitrogens with zero attached hydrogens (tertiary/aromatic N) is 1. The van der Waals surface area contributed by atoms with Crippen LogP contribution in [0.4, 0.5) is 0 Å². The molecule has 2 aromatic carbocycles. The van der Waals surface area contributed by atoms with Gasteiger partial charge in [-0.1, -0.05) is 37.6 Å². The zero-order valence-electron chi connectivity index (χ0n) is 13.8. The van der Waals surface area contributed by atoms with Gasteiger partial charge in [-0.2, -0.15) is 0 Å². The van der Waals surface area contributed by atoms with Gasteiger partial charge in [-0.15, -0.1) is 0 Å². The Morgan fingerprint density at radius 3 is 1.92 bits per heavy atom. The number of amides is 1. The molecule has 0 bridgehead atoms. The maximum atomic E-state index is 13.5. The van der Waals surface area contributed by atoms with Crippen LogP contribution in [-0.2, 0) is 10.3 Å². The van der Waals surface area contributed by atoms with Gasteiger partial charge in [-0.25, -0.2) is 0 Å². The van der Waals surface area contributed by atoms with Crippen LogP contribution in [0.5, 0.6) is 0 Å². The summed E-state index contributed by atoms with van der Waals surface area (Å²) in [6.07, 6.45) is 1.95. The molecule has 0 unspecified atom stereocenters. The molecule has 1 saturated heterocycles. The van der Waals surface area contributed by atoms with Crippen molar-refractivity contribution in [3.8, 4) is 0 Å². The minimum absolute atomic E-state index is 0.00775. The van der Waals surface area contributed by atoms with Gasteiger partial charge < -0.3 is 5.32 Å². The summed E-state index contributed by atoms with van der Waals surface area (Å²) in [5.74, 6) is 0.00775. The first-order chi connectivity index (χ1) is 12.0. The zero-order chi connectivity index (χ0) is 18.0. The van der Waals surface area contributed by atoms with E-state index in [1.807, 2.05) is 48.5 Å². The normalized spacial score (nSPS) is 16.2. The van der Waals surface area contributed by atoms with Gasteiger partial charge in [0.1, 0.15) is 0 Å². The van der Waals surface area contributed by atoms with Crippen LogP contribution in [0.3, 0.4) is 0 Å². The fourth-order valence-corrected chi connectivity index (χ4v) is 4.10. The summed E-state index contributed by atoms with van der Waals surface area (Å²) in [7, 11) is 0. The van der Waals surface area contributed by atoms with Crippen molar-refractivity contribution < 1.29 is 4.79 Å². The van der Waals surface area contributed by atoms with Gasteiger partial charge in [0, 0.05) is 13.7 Å². The van der Waals surface area contributed by atoms with E-state index < -0.39 is 5.54 Å². The molecule has 1 fully saturated rings. The minimum atomic E-state index is -0.945. The van der Waals surface area contributed by atoms with Crippen molar-refractivity contribution >= 4 is 68.4 Å². The van der Waals surface area contributed by atoms with E-state index in [9.17, 15) is 4.79 Å². The van der Waals surface area contributed by atoms with Crippen LogP contribution in [0.25, 0.3) is 0 Å². The topological polar surface area (TPSA) is 32.3 Å². The fraction of sp³-hybridized carbons (Fsp3) is 0.263. The quantitative estimate of drug-likeness (QED) is 0.416. The second-order valence-corrected chi connectivity index (χ2v) is 8.88. The number of halogens is 2. The average molecular weight is 576 g/mol. The van der Waals surface area contributed by atoms with Gasteiger partial charge >= 0.3 is 0 Å². The minimum Gasteiger partial charge on any atom is -0.341 e. The lowest BCUT2D eigenvalue weighted by molar-refractivity contribution is -0.130. The van der Waals surface area contributed by atoms with Gasteiger partial charge in [0.05, 0.1) is 0 Å². The number of rotatable bonds is 5. The first-order valence-electron chi connectivity index (χ1n) is 8.15. The number of carbonyl (C=O) groups is 1. The zero-order valence-corrected chi connectivity index (χ0v) is 18.9. The molecule has 0 radical (unpaired) electrons. The maximum absolute atomic E-state index is 13.5. The summed E-state index contributed by atoms with van der Waals surface area (Å²) in [5.41, 5.74) is 0.889. The summed E-state index contributed by atoms with van der Waals surface area (Å²) >= 11 is 10.1. The number of thiocarbonyl (C=S) groups is 1. The third-order valence-electron chi connectivity index (χ3n) is 4.40. The molecular formula is C19H18I2N2OS. The molecule has 1 heterocycles. The predicted octanol–water partition coefficient (Wildman–Crippen LogP) is 4.66. The molecule has 25 heavy (non-hydrogen) atoms. The van der Waals surface area contributed by atoms with Crippen molar-refractivity contribution in [2.45, 2.75) is 25.3 Å². The van der Waals surface area contributed by atoms with Crippen molar-refractivity contribution in [3.63, 3.8) is 0 Å². The van der Waals surface area contributed by atoms with Gasteiger partial charge in [0.15, 0.2) is 10.7 Å². The number of hydrogen-bond acceptors (Lipinski definition) is 2. The van der Waals surface area contributed by atoms with Crippen molar-refractivity contribution in [1.29, 1.82) is 0 Å². The highest BCUT2D eigenvalue weighted by molar-refractivity contribution is 14.1. The largest absolute Gasteiger partial charge is 0.341 e. The number of nitrogens with one attached hydrogen (secondary N) is 1. The monoisotopic (exact) mass is 576 g/mol. The van der Waals surface area contributed by atoms with E-state index >= 15 is 0 Å². The lowest BCUT2D eigenvalue weighted by atomic mass is 9.82. The molecule has 3 rings (SSSR count). The van der Waals surface area contributed by atoms with Crippen LogP contribution in [0.2, 0.25) is 0 Å². The molecule has 0 atom stereocenters. The van der Waals surface area contributed by atoms with Crippen LogP contribution in [-0.4, -0.2) is 22.5 Å². The highest BCUT2D eigenvalue weighted by Gasteiger charge is 2.51. The van der Waals surface area contributed by atoms with Crippen LogP contribution in [0.15, 0.2) is 48.5 Å². The van der Waals surface area contributed by atoms with E-state index in [1.54, 1.807) is 4.90 Å². The van der Waals surface area contributed by atoms with E-state index in [1.165, 1.54) is 0 Å². The Morgan fingerprint density at radius 2 is 1.48 bits per heavy atom. The third kappa shape index (κ3) is 3.57. The Kier molecular flexibility index (Phi) is 5.99. The lowest BCUT2D eigenvalue weighted by Gasteiger charge is -2.28. The standard InChI is InChI=1S/C19H18I2N2OS/c1-2-3-12-23-17(24)19(22-18(23)25,13-4-8-15(20)9-5-13)14-6-10-16(21)11-7-14/h4-11H,2-3,12H2,1H3,(H,22,25). The molecule has 1 aliphatic heterocycles. The highest BCUT2D eigenvalue weighted by Crippen LogP contribution is 2.36. The molecule has 0 aliphatic carbocycles. The van der Waals surface area contributed by atoms with Crippen molar-refractivity contribution in [2.24, 2.45) is 0 Å². The molecular weight excluding hydrogens is 558 g/mol. The second kappa shape index (κ2) is 7.87. The molecule has 0 aromatic heterocycles. The molecule has 2 aromatic rings. The molecule has 3 nitrogen and oxygen atoms in total. The number of hydrogen-bond donors (Lipinski definition) is 1. The molecule has 6 heteroatoms. The Hall–Kier alpha value is -0.740. The van der Waals surface area contributed by atoms with Gasteiger partial charge in [0.25, 0.3) is 5.91 Å². The summed E-state index contributed by atoms with van der Waals surface area (Å²) in [6, 6.07) is 16.1. The first kappa shape index (κ1) is 19.0. The molecule has 130 valence electrons. The lowest BCUT2D eigenvalue weighted by Crippen LogP contribution is -2.45. The van der Waals surface area contributed by atoms with E-state index in [4.69, 9.17) is 12.2 Å². The van der Waals surface area contributed by atoms with E-state index in [2.05, 4.69) is 57.4 Å². The maximum Gasteiger partial charge on any atom is 0.263 e. The van der Waals surface area contributed by atoms with Gasteiger partial charge in [-0.05, 0) is 99.2 Å². The van der Waals surface area contributed by atoms with Crippen LogP contribution >= 0.6 is 57.4 Å². The first-order valence-corrected chi connectivity index (χ1v) is 10.7. The SMILES string of the molecule is CCCCN1C(=O)C(c2ccc(I)cc2)(c2ccc(I)cc2)NC1=S. The predicted molar refractivity (Wildman–Crippen MR) is 121 cm³/mol. The summed E-state index contributed by atoms with van der Waals surface area (Å²) in [4.78, 5) is 15.2. The number of benzene rings is 2. The molecule has 0 spiro atoms. The van der Waals surface area contributed by atoms with Crippen LogP contribution < -0.4 is 5.32 Å². The Balaban J connectivity index is 2.13. The van der Waals surface area contributed by atoms with E-state index in [0.29, 0.717) is 11.7 Å². The average Bonchev–Trinajstić information content (AvgIpc) is 2.86. The van der Waals surface area contributed by atoms with Gasteiger partial charge in [0.2, 0.25) is 0 Å².